The van der Waals surface area contributed by atoms with Crippen molar-refractivity contribution in [2.45, 2.75) is 19.4 Å². The number of hydrogen-bond acceptors (Lipinski definition) is 5. The van der Waals surface area contributed by atoms with E-state index in [1.807, 2.05) is 0 Å². The van der Waals surface area contributed by atoms with E-state index in [4.69, 9.17) is 22.1 Å². The third-order valence-electron chi connectivity index (χ3n) is 1.84. The highest BCUT2D eigenvalue weighted by atomic mass is 35.5. The molecule has 2 N–H and O–H groups in total. The monoisotopic (exact) mass is 261 g/mol. The Morgan fingerprint density at radius 2 is 2.25 bits per heavy atom. The van der Waals surface area contributed by atoms with Crippen LogP contribution in [0.2, 0.25) is 4.34 Å². The molecule has 0 aliphatic heterocycles. The van der Waals surface area contributed by atoms with Gasteiger partial charge in [0.1, 0.15) is 0 Å². The molecule has 88 valence electrons. The summed E-state index contributed by atoms with van der Waals surface area (Å²) in [6, 6.07) is 2.35. The van der Waals surface area contributed by atoms with Crippen LogP contribution in [0.25, 0.3) is 0 Å². The van der Waals surface area contributed by atoms with Gasteiger partial charge in [-0.25, -0.2) is 0 Å². The molecule has 0 radical (unpaired) electrons. The molecule has 1 unspecified atom stereocenters. The first kappa shape index (κ1) is 13.2. The Labute approximate surface area is 102 Å². The number of ether oxygens (including phenoxy) is 1. The highest BCUT2D eigenvalue weighted by Crippen LogP contribution is 2.22. The van der Waals surface area contributed by atoms with E-state index in [0.717, 1.165) is 11.3 Å². The molecule has 16 heavy (non-hydrogen) atoms. The van der Waals surface area contributed by atoms with Gasteiger partial charge in [-0.2, -0.15) is 0 Å². The molecule has 1 heterocycles. The van der Waals surface area contributed by atoms with Gasteiger partial charge in [0.05, 0.1) is 28.3 Å². The molecule has 6 heteroatoms. The summed E-state index contributed by atoms with van der Waals surface area (Å²) in [5.41, 5.74) is 5.60. The van der Waals surface area contributed by atoms with Gasteiger partial charge in [0.25, 0.3) is 0 Å². The summed E-state index contributed by atoms with van der Waals surface area (Å²) < 4.78 is 5.23. The van der Waals surface area contributed by atoms with E-state index in [1.54, 1.807) is 19.1 Å². The number of thiophene rings is 1. The summed E-state index contributed by atoms with van der Waals surface area (Å²) in [4.78, 5) is 23.3. The van der Waals surface area contributed by atoms with Gasteiger partial charge >= 0.3 is 5.97 Å². The maximum Gasteiger partial charge on any atom is 0.307 e. The van der Waals surface area contributed by atoms with E-state index in [0.29, 0.717) is 9.21 Å². The summed E-state index contributed by atoms with van der Waals surface area (Å²) >= 11 is 6.85. The zero-order valence-corrected chi connectivity index (χ0v) is 10.3. The number of halogens is 1. The molecular weight excluding hydrogens is 250 g/mol. The Kier molecular flexibility index (Phi) is 4.92. The second kappa shape index (κ2) is 5.98. The third kappa shape index (κ3) is 3.59. The molecule has 0 aliphatic carbocycles. The van der Waals surface area contributed by atoms with E-state index >= 15 is 0 Å². The molecule has 0 aromatic carbocycles. The van der Waals surface area contributed by atoms with Crippen LogP contribution in [0.5, 0.6) is 0 Å². The van der Waals surface area contributed by atoms with Crippen molar-refractivity contribution < 1.29 is 14.3 Å². The minimum atomic E-state index is -0.867. The van der Waals surface area contributed by atoms with E-state index in [2.05, 4.69) is 0 Å². The van der Waals surface area contributed by atoms with Crippen molar-refractivity contribution in [3.05, 3.63) is 21.3 Å². The second-order valence-corrected chi connectivity index (χ2v) is 4.80. The first-order chi connectivity index (χ1) is 7.54. The quantitative estimate of drug-likeness (QED) is 0.649. The summed E-state index contributed by atoms with van der Waals surface area (Å²) in [6.07, 6.45) is -0.109. The lowest BCUT2D eigenvalue weighted by atomic mass is 10.1. The van der Waals surface area contributed by atoms with E-state index in [-0.39, 0.29) is 18.8 Å². The lowest BCUT2D eigenvalue weighted by Gasteiger charge is -2.08. The number of rotatable bonds is 5. The van der Waals surface area contributed by atoms with Gasteiger partial charge in [-0.15, -0.1) is 11.3 Å². The summed E-state index contributed by atoms with van der Waals surface area (Å²) in [6.45, 7) is 1.98. The van der Waals surface area contributed by atoms with Crippen molar-refractivity contribution in [3.63, 3.8) is 0 Å². The Hall–Kier alpha value is -0.910. The van der Waals surface area contributed by atoms with Gasteiger partial charge < -0.3 is 10.5 Å². The fraction of sp³-hybridized carbons (Fsp3) is 0.400. The summed E-state index contributed by atoms with van der Waals surface area (Å²) in [5, 5.41) is 0. The predicted octanol–water partition coefficient (Wildman–Crippen LogP) is 1.86. The predicted molar refractivity (Wildman–Crippen MR) is 62.9 cm³/mol. The molecule has 0 aliphatic rings. The molecule has 4 nitrogen and oxygen atoms in total. The highest BCUT2D eigenvalue weighted by Gasteiger charge is 2.21. The van der Waals surface area contributed by atoms with E-state index in [9.17, 15) is 9.59 Å². The molecular formula is C10H12ClNO3S. The van der Waals surface area contributed by atoms with Crippen molar-refractivity contribution in [1.29, 1.82) is 0 Å². The van der Waals surface area contributed by atoms with E-state index in [1.165, 1.54) is 0 Å². The third-order valence-corrected chi connectivity index (χ3v) is 3.09. The minimum absolute atomic E-state index is 0.109. The number of carbonyl (C=O) groups is 2. The van der Waals surface area contributed by atoms with Crippen molar-refractivity contribution in [1.82, 2.24) is 0 Å². The molecule has 1 aromatic heterocycles. The molecule has 0 spiro atoms. The fourth-order valence-corrected chi connectivity index (χ4v) is 2.17. The van der Waals surface area contributed by atoms with Gasteiger partial charge in [0.2, 0.25) is 0 Å². The lowest BCUT2D eigenvalue weighted by molar-refractivity contribution is -0.143. The summed E-state index contributed by atoms with van der Waals surface area (Å²) in [5.74, 6) is -0.754. The summed E-state index contributed by atoms with van der Waals surface area (Å²) in [7, 11) is 0. The number of hydrogen-bond donors (Lipinski definition) is 1. The first-order valence-electron chi connectivity index (χ1n) is 4.75. The first-order valence-corrected chi connectivity index (χ1v) is 5.94. The number of carbonyl (C=O) groups excluding carboxylic acids is 2. The average molecular weight is 262 g/mol. The van der Waals surface area contributed by atoms with Crippen molar-refractivity contribution in [2.75, 3.05) is 6.61 Å². The topological polar surface area (TPSA) is 69.4 Å². The maximum atomic E-state index is 11.7. The highest BCUT2D eigenvalue weighted by molar-refractivity contribution is 7.18. The number of esters is 1. The van der Waals surface area contributed by atoms with E-state index < -0.39 is 12.0 Å². The number of ketones is 1. The normalized spacial score (nSPS) is 12.2. The molecule has 0 amide bonds. The van der Waals surface area contributed by atoms with Crippen molar-refractivity contribution in [2.24, 2.45) is 5.73 Å². The van der Waals surface area contributed by atoms with Crippen molar-refractivity contribution >= 4 is 34.7 Å². The lowest BCUT2D eigenvalue weighted by Crippen LogP contribution is -2.33. The zero-order valence-electron chi connectivity index (χ0n) is 8.73. The maximum absolute atomic E-state index is 11.7. The Bertz CT molecular complexity index is 391. The Balaban J connectivity index is 2.57. The molecule has 1 aromatic rings. The fourth-order valence-electron chi connectivity index (χ4n) is 1.12. The van der Waals surface area contributed by atoms with Gasteiger partial charge in [0.15, 0.2) is 5.78 Å². The van der Waals surface area contributed by atoms with Crippen LogP contribution in [0.4, 0.5) is 0 Å². The van der Waals surface area contributed by atoms with Crippen LogP contribution in [0.15, 0.2) is 12.1 Å². The second-order valence-electron chi connectivity index (χ2n) is 3.08. The molecule has 0 fully saturated rings. The molecule has 1 rings (SSSR count). The van der Waals surface area contributed by atoms with Crippen LogP contribution in [0.1, 0.15) is 23.0 Å². The minimum Gasteiger partial charge on any atom is -0.466 e. The molecule has 0 saturated carbocycles. The van der Waals surface area contributed by atoms with Crippen LogP contribution >= 0.6 is 22.9 Å². The van der Waals surface area contributed by atoms with Gasteiger partial charge in [-0.05, 0) is 19.1 Å². The van der Waals surface area contributed by atoms with Crippen LogP contribution in [0.3, 0.4) is 0 Å². The molecule has 0 bridgehead atoms. The van der Waals surface area contributed by atoms with Crippen LogP contribution < -0.4 is 5.73 Å². The van der Waals surface area contributed by atoms with Gasteiger partial charge in [-0.3, -0.25) is 9.59 Å². The number of nitrogens with two attached hydrogens (primary N) is 1. The van der Waals surface area contributed by atoms with Crippen LogP contribution in [-0.2, 0) is 9.53 Å². The van der Waals surface area contributed by atoms with Gasteiger partial charge in [0, 0.05) is 0 Å². The SMILES string of the molecule is CCOC(=O)CC(N)C(=O)c1ccc(Cl)s1. The van der Waals surface area contributed by atoms with Crippen molar-refractivity contribution in [3.8, 4) is 0 Å². The van der Waals surface area contributed by atoms with Crippen LogP contribution in [-0.4, -0.2) is 24.4 Å². The largest absolute Gasteiger partial charge is 0.466 e. The Morgan fingerprint density at radius 3 is 2.75 bits per heavy atom. The average Bonchev–Trinajstić information content (AvgIpc) is 2.64. The van der Waals surface area contributed by atoms with Crippen LogP contribution in [0, 0.1) is 0 Å². The number of Topliss-reactive ketones (excluding diaryl/α,β-unsaturated/α-hetero) is 1. The Morgan fingerprint density at radius 1 is 1.56 bits per heavy atom. The molecule has 0 saturated heterocycles. The van der Waals surface area contributed by atoms with Gasteiger partial charge in [-0.1, -0.05) is 11.6 Å². The zero-order chi connectivity index (χ0) is 12.1. The smallest absolute Gasteiger partial charge is 0.307 e. The molecule has 1 atom stereocenters. The standard InChI is InChI=1S/C10H12ClNO3S/c1-2-15-9(13)5-6(12)10(14)7-3-4-8(11)16-7/h3-4,6H,2,5,12H2,1H3.